The topological polar surface area (TPSA) is 41.6 Å². The zero-order chi connectivity index (χ0) is 15.2. The Labute approximate surface area is 131 Å². The van der Waals surface area contributed by atoms with Gasteiger partial charge in [0.15, 0.2) is 0 Å². The van der Waals surface area contributed by atoms with E-state index in [9.17, 15) is 4.79 Å². The third-order valence-corrected chi connectivity index (χ3v) is 3.95. The van der Waals surface area contributed by atoms with Crippen molar-refractivity contribution in [3.05, 3.63) is 28.8 Å². The van der Waals surface area contributed by atoms with E-state index in [0.717, 1.165) is 50.4 Å². The summed E-state index contributed by atoms with van der Waals surface area (Å²) in [6.45, 7) is 7.10. The van der Waals surface area contributed by atoms with E-state index in [1.807, 2.05) is 24.0 Å². The molecule has 1 aliphatic heterocycles. The molecule has 0 bridgehead atoms. The second-order valence-electron chi connectivity index (χ2n) is 5.57. The summed E-state index contributed by atoms with van der Waals surface area (Å²) >= 11 is 5.94. The number of nitrogens with one attached hydrogen (secondary N) is 1. The SMILES string of the molecule is CCCN(CC1CCOC1)C(=O)Nc1ccc(Cl)cc1C. The number of carbonyl (C=O) groups excluding carboxylic acids is 1. The van der Waals surface area contributed by atoms with Crippen molar-refractivity contribution in [2.45, 2.75) is 26.7 Å². The second-order valence-corrected chi connectivity index (χ2v) is 6.00. The van der Waals surface area contributed by atoms with Gasteiger partial charge in [-0.25, -0.2) is 4.79 Å². The molecule has 2 amide bonds. The van der Waals surface area contributed by atoms with Gasteiger partial charge in [-0.15, -0.1) is 0 Å². The first-order valence-electron chi connectivity index (χ1n) is 7.50. The van der Waals surface area contributed by atoms with Gasteiger partial charge in [-0.1, -0.05) is 18.5 Å². The first-order valence-corrected chi connectivity index (χ1v) is 7.87. The lowest BCUT2D eigenvalue weighted by Crippen LogP contribution is -2.39. The molecular formula is C16H23ClN2O2. The largest absolute Gasteiger partial charge is 0.381 e. The third kappa shape index (κ3) is 4.61. The van der Waals surface area contributed by atoms with Gasteiger partial charge in [-0.3, -0.25) is 0 Å². The van der Waals surface area contributed by atoms with Crippen molar-refractivity contribution in [2.24, 2.45) is 5.92 Å². The lowest BCUT2D eigenvalue weighted by molar-refractivity contribution is 0.169. The van der Waals surface area contributed by atoms with E-state index in [1.165, 1.54) is 0 Å². The summed E-state index contributed by atoms with van der Waals surface area (Å²) in [5.41, 5.74) is 1.78. The van der Waals surface area contributed by atoms with Gasteiger partial charge in [0.05, 0.1) is 6.61 Å². The number of benzene rings is 1. The Hall–Kier alpha value is -1.26. The molecule has 5 heteroatoms. The molecule has 1 atom stereocenters. The molecule has 1 saturated heterocycles. The van der Waals surface area contributed by atoms with Crippen LogP contribution < -0.4 is 5.32 Å². The van der Waals surface area contributed by atoms with Crippen LogP contribution in [0.25, 0.3) is 0 Å². The molecule has 0 spiro atoms. The molecule has 1 aliphatic rings. The minimum Gasteiger partial charge on any atom is -0.381 e. The molecule has 116 valence electrons. The Morgan fingerprint density at radius 3 is 2.95 bits per heavy atom. The predicted molar refractivity (Wildman–Crippen MR) is 86.0 cm³/mol. The van der Waals surface area contributed by atoms with Crippen molar-refractivity contribution in [3.63, 3.8) is 0 Å². The maximum Gasteiger partial charge on any atom is 0.321 e. The normalized spacial score (nSPS) is 17.8. The van der Waals surface area contributed by atoms with Crippen LogP contribution in [0.5, 0.6) is 0 Å². The summed E-state index contributed by atoms with van der Waals surface area (Å²) in [7, 11) is 0. The minimum atomic E-state index is -0.0471. The fourth-order valence-corrected chi connectivity index (χ4v) is 2.77. The first kappa shape index (κ1) is 16.1. The van der Waals surface area contributed by atoms with Crippen LogP contribution in [0.4, 0.5) is 10.5 Å². The van der Waals surface area contributed by atoms with Gasteiger partial charge in [-0.05, 0) is 43.5 Å². The van der Waals surface area contributed by atoms with Crippen LogP contribution in [0, 0.1) is 12.8 Å². The number of ether oxygens (including phenoxy) is 1. The summed E-state index contributed by atoms with van der Waals surface area (Å²) in [5, 5.41) is 3.66. The molecule has 2 rings (SSSR count). The van der Waals surface area contributed by atoms with Crippen LogP contribution in [0.2, 0.25) is 5.02 Å². The molecule has 1 N–H and O–H groups in total. The predicted octanol–water partition coefficient (Wildman–Crippen LogP) is 3.93. The number of rotatable bonds is 5. The highest BCUT2D eigenvalue weighted by atomic mass is 35.5. The van der Waals surface area contributed by atoms with Crippen molar-refractivity contribution in [3.8, 4) is 0 Å². The quantitative estimate of drug-likeness (QED) is 0.895. The highest BCUT2D eigenvalue weighted by Gasteiger charge is 2.22. The molecule has 1 unspecified atom stereocenters. The fourth-order valence-electron chi connectivity index (χ4n) is 2.55. The van der Waals surface area contributed by atoms with E-state index in [2.05, 4.69) is 12.2 Å². The number of carbonyl (C=O) groups is 1. The number of hydrogen-bond acceptors (Lipinski definition) is 2. The number of anilines is 1. The molecule has 1 heterocycles. The van der Waals surface area contributed by atoms with Crippen molar-refractivity contribution < 1.29 is 9.53 Å². The van der Waals surface area contributed by atoms with Crippen molar-refractivity contribution in [1.82, 2.24) is 4.90 Å². The summed E-state index contributed by atoms with van der Waals surface area (Å²) < 4.78 is 5.39. The number of amides is 2. The number of urea groups is 1. The van der Waals surface area contributed by atoms with Crippen LogP contribution >= 0.6 is 11.6 Å². The lowest BCUT2D eigenvalue weighted by atomic mass is 10.1. The fraction of sp³-hybridized carbons (Fsp3) is 0.562. The standard InChI is InChI=1S/C16H23ClN2O2/c1-3-7-19(10-13-6-8-21-11-13)16(20)18-15-5-4-14(17)9-12(15)2/h4-5,9,13H,3,6-8,10-11H2,1-2H3,(H,18,20). The van der Waals surface area contributed by atoms with E-state index in [4.69, 9.17) is 16.3 Å². The zero-order valence-corrected chi connectivity index (χ0v) is 13.4. The maximum absolute atomic E-state index is 12.5. The Bertz CT molecular complexity index is 487. The number of nitrogens with zero attached hydrogens (tertiary/aromatic N) is 1. The van der Waals surface area contributed by atoms with Crippen LogP contribution in [0.15, 0.2) is 18.2 Å². The Morgan fingerprint density at radius 2 is 2.33 bits per heavy atom. The van der Waals surface area contributed by atoms with E-state index in [1.54, 1.807) is 6.07 Å². The van der Waals surface area contributed by atoms with Crippen LogP contribution in [-0.2, 0) is 4.74 Å². The number of hydrogen-bond donors (Lipinski definition) is 1. The maximum atomic E-state index is 12.5. The smallest absolute Gasteiger partial charge is 0.321 e. The minimum absolute atomic E-state index is 0.0471. The summed E-state index contributed by atoms with van der Waals surface area (Å²) in [5.74, 6) is 0.452. The molecule has 0 saturated carbocycles. The van der Waals surface area contributed by atoms with Crippen molar-refractivity contribution in [1.29, 1.82) is 0 Å². The van der Waals surface area contributed by atoms with E-state index in [0.29, 0.717) is 10.9 Å². The van der Waals surface area contributed by atoms with Crippen LogP contribution in [0.1, 0.15) is 25.3 Å². The van der Waals surface area contributed by atoms with Gasteiger partial charge in [0, 0.05) is 36.3 Å². The average Bonchev–Trinajstić information content (AvgIpc) is 2.94. The van der Waals surface area contributed by atoms with Crippen LogP contribution in [0.3, 0.4) is 0 Å². The van der Waals surface area contributed by atoms with Crippen LogP contribution in [-0.4, -0.2) is 37.2 Å². The molecule has 0 aliphatic carbocycles. The molecule has 1 aromatic rings. The third-order valence-electron chi connectivity index (χ3n) is 3.71. The molecular weight excluding hydrogens is 288 g/mol. The summed E-state index contributed by atoms with van der Waals surface area (Å²) in [6, 6.07) is 5.44. The zero-order valence-electron chi connectivity index (χ0n) is 12.7. The Balaban J connectivity index is 1.99. The van der Waals surface area contributed by atoms with Crippen molar-refractivity contribution in [2.75, 3.05) is 31.6 Å². The van der Waals surface area contributed by atoms with Crippen molar-refractivity contribution >= 4 is 23.3 Å². The second kappa shape index (κ2) is 7.66. The molecule has 0 aromatic heterocycles. The highest BCUT2D eigenvalue weighted by molar-refractivity contribution is 6.30. The Kier molecular flexibility index (Phi) is 5.88. The first-order chi connectivity index (χ1) is 10.1. The van der Waals surface area contributed by atoms with Gasteiger partial charge in [-0.2, -0.15) is 0 Å². The average molecular weight is 311 g/mol. The molecule has 21 heavy (non-hydrogen) atoms. The lowest BCUT2D eigenvalue weighted by Gasteiger charge is -2.25. The van der Waals surface area contributed by atoms with Gasteiger partial charge < -0.3 is 15.0 Å². The van der Waals surface area contributed by atoms with Gasteiger partial charge in [0.1, 0.15) is 0 Å². The van der Waals surface area contributed by atoms with Gasteiger partial charge in [0.25, 0.3) is 0 Å². The monoisotopic (exact) mass is 310 g/mol. The van der Waals surface area contributed by atoms with E-state index >= 15 is 0 Å². The van der Waals surface area contributed by atoms with Gasteiger partial charge in [0.2, 0.25) is 0 Å². The molecule has 1 aromatic carbocycles. The molecule has 0 radical (unpaired) electrons. The highest BCUT2D eigenvalue weighted by Crippen LogP contribution is 2.21. The van der Waals surface area contributed by atoms with E-state index < -0.39 is 0 Å². The van der Waals surface area contributed by atoms with E-state index in [-0.39, 0.29) is 6.03 Å². The number of aryl methyl sites for hydroxylation is 1. The summed E-state index contributed by atoms with van der Waals surface area (Å²) in [4.78, 5) is 14.4. The summed E-state index contributed by atoms with van der Waals surface area (Å²) in [6.07, 6.45) is 1.98. The molecule has 4 nitrogen and oxygen atoms in total. The molecule has 1 fully saturated rings. The Morgan fingerprint density at radius 1 is 1.52 bits per heavy atom. The van der Waals surface area contributed by atoms with Gasteiger partial charge >= 0.3 is 6.03 Å². The number of halogens is 1.